The Kier molecular flexibility index (Phi) is 4.04. The number of aromatic nitrogens is 3. The number of nitrogens with zero attached hydrogens (tertiary/aromatic N) is 4. The second-order valence-electron chi connectivity index (χ2n) is 7.37. The summed E-state index contributed by atoms with van der Waals surface area (Å²) in [6.07, 6.45) is 3.82. The van der Waals surface area contributed by atoms with Crippen LogP contribution in [-0.4, -0.2) is 38.8 Å². The first kappa shape index (κ1) is 15.8. The van der Waals surface area contributed by atoms with Gasteiger partial charge in [0.05, 0.1) is 5.69 Å². The number of aryl methyl sites for hydroxylation is 1. The van der Waals surface area contributed by atoms with Crippen molar-refractivity contribution < 1.29 is 4.79 Å². The number of hydrogen-bond donors (Lipinski definition) is 0. The molecule has 1 fully saturated rings. The number of hydrogen-bond acceptors (Lipinski definition) is 4. The lowest BCUT2D eigenvalue weighted by atomic mass is 9.89. The molecule has 0 N–H and O–H groups in total. The summed E-state index contributed by atoms with van der Waals surface area (Å²) in [6.45, 7) is 9.41. The van der Waals surface area contributed by atoms with Gasteiger partial charge in [-0.3, -0.25) is 4.79 Å². The van der Waals surface area contributed by atoms with E-state index < -0.39 is 0 Å². The third-order valence-electron chi connectivity index (χ3n) is 4.35. The van der Waals surface area contributed by atoms with Crippen LogP contribution >= 0.6 is 0 Å². The number of pyridine rings is 1. The summed E-state index contributed by atoms with van der Waals surface area (Å²) in [5.74, 6) is 1.21. The fourth-order valence-corrected chi connectivity index (χ4v) is 3.27. The maximum absolute atomic E-state index is 12.6. The van der Waals surface area contributed by atoms with Crippen LogP contribution in [0.25, 0.3) is 11.0 Å². The van der Waals surface area contributed by atoms with Crippen LogP contribution in [0.4, 0.5) is 0 Å². The molecular formula is C18H24N4O. The highest BCUT2D eigenvalue weighted by molar-refractivity contribution is 5.82. The third kappa shape index (κ3) is 3.19. The number of fused-ring (bicyclic) bond motifs is 1. The summed E-state index contributed by atoms with van der Waals surface area (Å²) in [5.41, 5.74) is 1.44. The van der Waals surface area contributed by atoms with Gasteiger partial charge in [0.2, 0.25) is 5.91 Å². The molecule has 0 aliphatic carbocycles. The maximum atomic E-state index is 12.6. The Hall–Kier alpha value is -2.04. The third-order valence-corrected chi connectivity index (χ3v) is 4.35. The standard InChI is InChI=1S/C18H24N4O/c1-12-20-15(14-8-5-9-19-16(14)21-12)13-7-6-10-22(11-13)17(23)18(2,3)4/h5,8-9,13H,6-7,10-11H2,1-4H3. The molecule has 5 heteroatoms. The Morgan fingerprint density at radius 3 is 2.83 bits per heavy atom. The van der Waals surface area contributed by atoms with E-state index in [0.717, 1.165) is 48.5 Å². The van der Waals surface area contributed by atoms with E-state index in [-0.39, 0.29) is 17.2 Å². The summed E-state index contributed by atoms with van der Waals surface area (Å²) in [6, 6.07) is 3.95. The van der Waals surface area contributed by atoms with Gasteiger partial charge in [-0.05, 0) is 31.9 Å². The van der Waals surface area contributed by atoms with E-state index in [0.29, 0.717) is 0 Å². The highest BCUT2D eigenvalue weighted by Crippen LogP contribution is 2.31. The normalized spacial score (nSPS) is 19.1. The molecule has 1 saturated heterocycles. The van der Waals surface area contributed by atoms with Gasteiger partial charge in [-0.2, -0.15) is 0 Å². The van der Waals surface area contributed by atoms with Crippen molar-refractivity contribution in [2.75, 3.05) is 13.1 Å². The van der Waals surface area contributed by atoms with Gasteiger partial charge < -0.3 is 4.90 Å². The molecule has 0 bridgehead atoms. The molecule has 1 atom stereocenters. The minimum absolute atomic E-state index is 0.218. The van der Waals surface area contributed by atoms with E-state index in [1.54, 1.807) is 6.20 Å². The molecule has 23 heavy (non-hydrogen) atoms. The molecule has 1 aliphatic heterocycles. The summed E-state index contributed by atoms with van der Waals surface area (Å²) >= 11 is 0. The first-order valence-electron chi connectivity index (χ1n) is 8.25. The lowest BCUT2D eigenvalue weighted by molar-refractivity contribution is -0.140. The number of amides is 1. The number of piperidine rings is 1. The minimum atomic E-state index is -0.340. The van der Waals surface area contributed by atoms with E-state index in [4.69, 9.17) is 4.98 Å². The molecule has 1 aliphatic rings. The molecule has 3 rings (SSSR count). The van der Waals surface area contributed by atoms with E-state index in [1.165, 1.54) is 0 Å². The van der Waals surface area contributed by atoms with Gasteiger partial charge in [-0.25, -0.2) is 15.0 Å². The van der Waals surface area contributed by atoms with Crippen molar-refractivity contribution in [3.8, 4) is 0 Å². The maximum Gasteiger partial charge on any atom is 0.227 e. The van der Waals surface area contributed by atoms with Crippen LogP contribution < -0.4 is 0 Å². The predicted molar refractivity (Wildman–Crippen MR) is 90.1 cm³/mol. The van der Waals surface area contributed by atoms with Gasteiger partial charge in [0.25, 0.3) is 0 Å². The largest absolute Gasteiger partial charge is 0.342 e. The summed E-state index contributed by atoms with van der Waals surface area (Å²) in [7, 11) is 0. The van der Waals surface area contributed by atoms with Gasteiger partial charge in [0.1, 0.15) is 5.82 Å². The number of rotatable bonds is 1. The Bertz CT molecular complexity index is 735. The lowest BCUT2D eigenvalue weighted by Gasteiger charge is -2.36. The lowest BCUT2D eigenvalue weighted by Crippen LogP contribution is -2.44. The molecule has 0 aromatic carbocycles. The number of carbonyl (C=O) groups excluding carboxylic acids is 1. The molecule has 0 radical (unpaired) electrons. The smallest absolute Gasteiger partial charge is 0.227 e. The van der Waals surface area contributed by atoms with E-state index >= 15 is 0 Å². The van der Waals surface area contributed by atoms with Crippen molar-refractivity contribution in [3.05, 3.63) is 29.8 Å². The van der Waals surface area contributed by atoms with Gasteiger partial charge in [0.15, 0.2) is 5.65 Å². The molecule has 0 spiro atoms. The fourth-order valence-electron chi connectivity index (χ4n) is 3.27. The first-order chi connectivity index (χ1) is 10.9. The summed E-state index contributed by atoms with van der Waals surface area (Å²) in [5, 5.41) is 1.01. The Labute approximate surface area is 137 Å². The topological polar surface area (TPSA) is 59.0 Å². The molecule has 3 heterocycles. The zero-order valence-electron chi connectivity index (χ0n) is 14.3. The van der Waals surface area contributed by atoms with Gasteiger partial charge in [0, 0.05) is 36.0 Å². The number of carbonyl (C=O) groups is 1. The molecule has 1 unspecified atom stereocenters. The van der Waals surface area contributed by atoms with E-state index in [1.807, 2.05) is 44.7 Å². The molecule has 1 amide bonds. The zero-order chi connectivity index (χ0) is 16.6. The number of likely N-dealkylation sites (tertiary alicyclic amines) is 1. The minimum Gasteiger partial charge on any atom is -0.342 e. The average molecular weight is 312 g/mol. The van der Waals surface area contributed by atoms with Crippen LogP contribution in [0.1, 0.15) is 51.0 Å². The fraction of sp³-hybridized carbons (Fsp3) is 0.556. The Morgan fingerprint density at radius 2 is 2.09 bits per heavy atom. The van der Waals surface area contributed by atoms with Crippen LogP contribution in [0, 0.1) is 12.3 Å². The van der Waals surface area contributed by atoms with Gasteiger partial charge in [-0.15, -0.1) is 0 Å². The van der Waals surface area contributed by atoms with Crippen molar-refractivity contribution in [2.24, 2.45) is 5.41 Å². The van der Waals surface area contributed by atoms with Crippen molar-refractivity contribution >= 4 is 16.9 Å². The molecular weight excluding hydrogens is 288 g/mol. The van der Waals surface area contributed by atoms with Crippen LogP contribution in [0.3, 0.4) is 0 Å². The quantitative estimate of drug-likeness (QED) is 0.812. The first-order valence-corrected chi connectivity index (χ1v) is 8.25. The SMILES string of the molecule is Cc1nc(C2CCCN(C(=O)C(C)(C)C)C2)c2cccnc2n1. The second kappa shape index (κ2) is 5.87. The van der Waals surface area contributed by atoms with Gasteiger partial charge >= 0.3 is 0 Å². The van der Waals surface area contributed by atoms with Crippen molar-refractivity contribution in [1.82, 2.24) is 19.9 Å². The zero-order valence-corrected chi connectivity index (χ0v) is 14.3. The molecule has 5 nitrogen and oxygen atoms in total. The predicted octanol–water partition coefficient (Wildman–Crippen LogP) is 3.09. The van der Waals surface area contributed by atoms with Crippen molar-refractivity contribution in [3.63, 3.8) is 0 Å². The van der Waals surface area contributed by atoms with Crippen molar-refractivity contribution in [2.45, 2.75) is 46.5 Å². The van der Waals surface area contributed by atoms with Crippen molar-refractivity contribution in [1.29, 1.82) is 0 Å². The molecule has 122 valence electrons. The molecule has 2 aromatic rings. The van der Waals surface area contributed by atoms with Crippen LogP contribution in [0.15, 0.2) is 18.3 Å². The van der Waals surface area contributed by atoms with Crippen LogP contribution in [-0.2, 0) is 4.79 Å². The molecule has 2 aromatic heterocycles. The summed E-state index contributed by atoms with van der Waals surface area (Å²) < 4.78 is 0. The van der Waals surface area contributed by atoms with E-state index in [2.05, 4.69) is 9.97 Å². The van der Waals surface area contributed by atoms with Gasteiger partial charge in [-0.1, -0.05) is 20.8 Å². The monoisotopic (exact) mass is 312 g/mol. The molecule has 0 saturated carbocycles. The summed E-state index contributed by atoms with van der Waals surface area (Å²) in [4.78, 5) is 28.1. The Morgan fingerprint density at radius 1 is 1.30 bits per heavy atom. The Balaban J connectivity index is 1.94. The highest BCUT2D eigenvalue weighted by Gasteiger charge is 2.32. The highest BCUT2D eigenvalue weighted by atomic mass is 16.2. The van der Waals surface area contributed by atoms with Crippen LogP contribution in [0.2, 0.25) is 0 Å². The average Bonchev–Trinajstić information content (AvgIpc) is 2.52. The van der Waals surface area contributed by atoms with E-state index in [9.17, 15) is 4.79 Å². The van der Waals surface area contributed by atoms with Crippen LogP contribution in [0.5, 0.6) is 0 Å². The second-order valence-corrected chi connectivity index (χ2v) is 7.37.